The summed E-state index contributed by atoms with van der Waals surface area (Å²) in [6, 6.07) is 2.13. The molecule has 1 aromatic carbocycles. The molecule has 1 spiro atoms. The molecule has 5 heteroatoms. The molecule has 0 saturated carbocycles. The lowest BCUT2D eigenvalue weighted by Gasteiger charge is -2.47. The molecule has 0 aromatic heterocycles. The van der Waals surface area contributed by atoms with Crippen LogP contribution in [-0.2, 0) is 12.0 Å². The maximum atomic E-state index is 10.4. The fourth-order valence-electron chi connectivity index (χ4n) is 4.98. The number of aliphatic hydroxyl groups is 1. The predicted molar refractivity (Wildman–Crippen MR) is 84.0 cm³/mol. The van der Waals surface area contributed by atoms with E-state index in [1.165, 1.54) is 16.7 Å². The van der Waals surface area contributed by atoms with Crippen molar-refractivity contribution in [2.75, 3.05) is 27.0 Å². The molecule has 1 aromatic rings. The van der Waals surface area contributed by atoms with Crippen LogP contribution < -0.4 is 14.2 Å². The fourth-order valence-corrected chi connectivity index (χ4v) is 4.98. The second-order valence-corrected chi connectivity index (χ2v) is 6.84. The molecule has 1 N–H and O–H groups in total. The van der Waals surface area contributed by atoms with Gasteiger partial charge in [-0.25, -0.2) is 0 Å². The van der Waals surface area contributed by atoms with Crippen LogP contribution in [0.5, 0.6) is 17.2 Å². The molecule has 5 rings (SSSR count). The Bertz CT molecular complexity index is 713. The van der Waals surface area contributed by atoms with Crippen molar-refractivity contribution >= 4 is 0 Å². The summed E-state index contributed by atoms with van der Waals surface area (Å²) in [5.41, 5.74) is 3.73. The van der Waals surface area contributed by atoms with Crippen LogP contribution in [0.1, 0.15) is 30.4 Å². The first-order valence-electron chi connectivity index (χ1n) is 8.36. The Balaban J connectivity index is 1.78. The van der Waals surface area contributed by atoms with Crippen LogP contribution in [0.15, 0.2) is 17.7 Å². The van der Waals surface area contributed by atoms with Crippen LogP contribution >= 0.6 is 0 Å². The molecule has 2 atom stereocenters. The first kappa shape index (κ1) is 13.7. The van der Waals surface area contributed by atoms with E-state index >= 15 is 0 Å². The summed E-state index contributed by atoms with van der Waals surface area (Å²) < 4.78 is 17.0. The number of methoxy groups -OCH3 is 1. The summed E-state index contributed by atoms with van der Waals surface area (Å²) in [6.07, 6.45) is 5.52. The van der Waals surface area contributed by atoms with Gasteiger partial charge in [0.2, 0.25) is 12.5 Å². The molecule has 1 saturated heterocycles. The molecule has 5 nitrogen and oxygen atoms in total. The van der Waals surface area contributed by atoms with E-state index in [9.17, 15) is 5.11 Å². The molecule has 0 radical (unpaired) electrons. The summed E-state index contributed by atoms with van der Waals surface area (Å²) >= 11 is 0. The van der Waals surface area contributed by atoms with Gasteiger partial charge in [0.1, 0.15) is 0 Å². The average molecular weight is 315 g/mol. The summed E-state index contributed by atoms with van der Waals surface area (Å²) in [5, 5.41) is 10.4. The van der Waals surface area contributed by atoms with E-state index in [0.717, 1.165) is 56.0 Å². The van der Waals surface area contributed by atoms with Crippen molar-refractivity contribution in [3.63, 3.8) is 0 Å². The Kier molecular flexibility index (Phi) is 2.77. The van der Waals surface area contributed by atoms with E-state index in [1.54, 1.807) is 7.11 Å². The lowest BCUT2D eigenvalue weighted by molar-refractivity contribution is 0.0583. The van der Waals surface area contributed by atoms with Gasteiger partial charge in [-0.1, -0.05) is 6.08 Å². The van der Waals surface area contributed by atoms with Crippen LogP contribution in [0.2, 0.25) is 0 Å². The Morgan fingerprint density at radius 2 is 2.17 bits per heavy atom. The number of hydrogen-bond donors (Lipinski definition) is 1. The van der Waals surface area contributed by atoms with E-state index in [-0.39, 0.29) is 18.4 Å². The summed E-state index contributed by atoms with van der Waals surface area (Å²) in [6.45, 7) is 2.30. The number of fused-ring (bicyclic) bond motifs is 2. The zero-order valence-corrected chi connectivity index (χ0v) is 13.3. The molecule has 4 aliphatic rings. The molecule has 1 fully saturated rings. The molecule has 1 aliphatic carbocycles. The van der Waals surface area contributed by atoms with Crippen molar-refractivity contribution in [2.45, 2.75) is 37.3 Å². The van der Waals surface area contributed by atoms with Crippen LogP contribution in [0.3, 0.4) is 0 Å². The van der Waals surface area contributed by atoms with Gasteiger partial charge >= 0.3 is 0 Å². The van der Waals surface area contributed by atoms with Gasteiger partial charge in [0, 0.05) is 25.1 Å². The summed E-state index contributed by atoms with van der Waals surface area (Å²) in [4.78, 5) is 2.53. The van der Waals surface area contributed by atoms with Gasteiger partial charge in [-0.3, -0.25) is 4.90 Å². The van der Waals surface area contributed by atoms with Crippen LogP contribution in [0, 0.1) is 0 Å². The first-order valence-corrected chi connectivity index (χ1v) is 8.36. The molecule has 3 heterocycles. The Morgan fingerprint density at radius 3 is 3.04 bits per heavy atom. The largest absolute Gasteiger partial charge is 0.492 e. The van der Waals surface area contributed by atoms with Crippen molar-refractivity contribution in [2.24, 2.45) is 0 Å². The number of rotatable bonds is 1. The predicted octanol–water partition coefficient (Wildman–Crippen LogP) is 1.96. The second kappa shape index (κ2) is 4.65. The lowest BCUT2D eigenvalue weighted by Crippen LogP contribution is -2.50. The normalized spacial score (nSPS) is 31.2. The maximum Gasteiger partial charge on any atom is 0.231 e. The SMILES string of the molecule is COc1c2c(cc3c1OCO3)[C@]13C[C@@H](O)CC=C1CCN3CC2. The van der Waals surface area contributed by atoms with Gasteiger partial charge < -0.3 is 19.3 Å². The first-order chi connectivity index (χ1) is 11.2. The highest BCUT2D eigenvalue weighted by Crippen LogP contribution is 2.57. The molecular weight excluding hydrogens is 294 g/mol. The average Bonchev–Trinajstić information content (AvgIpc) is 3.16. The standard InChI is InChI=1S/C18H21NO4/c1-21-16-13-5-7-19-6-4-11-2-3-12(20)9-18(11,19)14(13)8-15-17(16)23-10-22-15/h2,8,12,20H,3-7,9-10H2,1H3/t12-,18-/m0/s1. The molecule has 23 heavy (non-hydrogen) atoms. The van der Waals surface area contributed by atoms with Gasteiger partial charge in [0.05, 0.1) is 18.8 Å². The number of benzene rings is 1. The molecule has 0 unspecified atom stereocenters. The van der Waals surface area contributed by atoms with Crippen LogP contribution in [-0.4, -0.2) is 43.1 Å². The minimum atomic E-state index is -0.290. The van der Waals surface area contributed by atoms with Crippen molar-refractivity contribution < 1.29 is 19.3 Å². The number of hydrogen-bond acceptors (Lipinski definition) is 5. The topological polar surface area (TPSA) is 51.2 Å². The maximum absolute atomic E-state index is 10.4. The smallest absolute Gasteiger partial charge is 0.231 e. The molecular formula is C18H21NO4. The van der Waals surface area contributed by atoms with E-state index in [4.69, 9.17) is 14.2 Å². The minimum Gasteiger partial charge on any atom is -0.492 e. The van der Waals surface area contributed by atoms with E-state index in [1.807, 2.05) is 0 Å². The van der Waals surface area contributed by atoms with E-state index < -0.39 is 0 Å². The second-order valence-electron chi connectivity index (χ2n) is 6.84. The van der Waals surface area contributed by atoms with Crippen LogP contribution in [0.4, 0.5) is 0 Å². The number of aliphatic hydroxyl groups excluding tert-OH is 1. The van der Waals surface area contributed by atoms with Crippen molar-refractivity contribution in [3.05, 3.63) is 28.8 Å². The molecule has 0 bridgehead atoms. The van der Waals surface area contributed by atoms with Crippen LogP contribution in [0.25, 0.3) is 0 Å². The lowest BCUT2D eigenvalue weighted by atomic mass is 9.70. The zero-order valence-electron chi connectivity index (χ0n) is 13.3. The molecule has 0 amide bonds. The third-order valence-electron chi connectivity index (χ3n) is 5.89. The monoisotopic (exact) mass is 315 g/mol. The fraction of sp³-hybridized carbons (Fsp3) is 0.556. The third kappa shape index (κ3) is 1.64. The Morgan fingerprint density at radius 1 is 1.30 bits per heavy atom. The van der Waals surface area contributed by atoms with Crippen molar-refractivity contribution in [1.29, 1.82) is 0 Å². The number of nitrogens with zero attached hydrogens (tertiary/aromatic N) is 1. The van der Waals surface area contributed by atoms with Gasteiger partial charge in [0.15, 0.2) is 11.5 Å². The van der Waals surface area contributed by atoms with E-state index in [2.05, 4.69) is 17.0 Å². The van der Waals surface area contributed by atoms with Gasteiger partial charge in [-0.05, 0) is 36.5 Å². The van der Waals surface area contributed by atoms with Crippen molar-refractivity contribution in [1.82, 2.24) is 4.90 Å². The van der Waals surface area contributed by atoms with Gasteiger partial charge in [-0.2, -0.15) is 0 Å². The number of ether oxygens (including phenoxy) is 3. The molecule has 3 aliphatic heterocycles. The quantitative estimate of drug-likeness (QED) is 0.803. The highest BCUT2D eigenvalue weighted by Gasteiger charge is 2.52. The van der Waals surface area contributed by atoms with Gasteiger partial charge in [0.25, 0.3) is 0 Å². The zero-order chi connectivity index (χ0) is 15.6. The summed E-state index contributed by atoms with van der Waals surface area (Å²) in [7, 11) is 1.70. The highest BCUT2D eigenvalue weighted by molar-refractivity contribution is 5.64. The summed E-state index contributed by atoms with van der Waals surface area (Å²) in [5.74, 6) is 2.31. The van der Waals surface area contributed by atoms with E-state index in [0.29, 0.717) is 0 Å². The van der Waals surface area contributed by atoms with Gasteiger partial charge in [-0.15, -0.1) is 0 Å². The minimum absolute atomic E-state index is 0.181. The third-order valence-corrected chi connectivity index (χ3v) is 5.89. The Hall–Kier alpha value is -1.72. The highest BCUT2D eigenvalue weighted by atomic mass is 16.7. The Labute approximate surface area is 135 Å². The van der Waals surface area contributed by atoms with Crippen molar-refractivity contribution in [3.8, 4) is 17.2 Å². The molecule has 122 valence electrons.